The van der Waals surface area contributed by atoms with E-state index < -0.39 is 23.9 Å². The van der Waals surface area contributed by atoms with Crippen LogP contribution >= 0.6 is 34.7 Å². The van der Waals surface area contributed by atoms with Crippen molar-refractivity contribution >= 4 is 46.6 Å². The first-order chi connectivity index (χ1) is 18.1. The molecule has 38 heavy (non-hydrogen) atoms. The first-order valence-electron chi connectivity index (χ1n) is 12.1. The van der Waals surface area contributed by atoms with E-state index in [0.29, 0.717) is 28.9 Å². The fraction of sp³-hybridized carbons (Fsp3) is 0.500. The normalized spacial score (nSPS) is 20.3. The molecule has 0 aliphatic carbocycles. The van der Waals surface area contributed by atoms with Crippen LogP contribution in [0.2, 0.25) is 4.34 Å². The van der Waals surface area contributed by atoms with Crippen molar-refractivity contribution in [3.05, 3.63) is 50.8 Å². The molecule has 2 unspecified atom stereocenters. The number of alkyl halides is 3. The van der Waals surface area contributed by atoms with Gasteiger partial charge in [-0.05, 0) is 44.4 Å². The third-order valence-corrected chi connectivity index (χ3v) is 9.14. The van der Waals surface area contributed by atoms with Crippen LogP contribution in [-0.4, -0.2) is 68.9 Å². The highest BCUT2D eigenvalue weighted by Gasteiger charge is 2.50. The summed E-state index contributed by atoms with van der Waals surface area (Å²) >= 11 is 8.58. The Morgan fingerprint density at radius 2 is 1.97 bits per heavy atom. The molecule has 5 heterocycles. The van der Waals surface area contributed by atoms with Crippen molar-refractivity contribution < 1.29 is 27.2 Å². The molecule has 2 saturated heterocycles. The van der Waals surface area contributed by atoms with Gasteiger partial charge in [-0.2, -0.15) is 17.9 Å². The van der Waals surface area contributed by atoms with Crippen molar-refractivity contribution in [1.29, 1.82) is 0 Å². The van der Waals surface area contributed by atoms with Gasteiger partial charge in [0.25, 0.3) is 5.91 Å². The maximum atomic E-state index is 14.1. The summed E-state index contributed by atoms with van der Waals surface area (Å²) in [5.74, 6) is -2.69. The van der Waals surface area contributed by atoms with E-state index >= 15 is 0 Å². The molecule has 2 fully saturated rings. The van der Waals surface area contributed by atoms with Crippen LogP contribution in [0.25, 0.3) is 0 Å². The van der Waals surface area contributed by atoms with E-state index in [1.54, 1.807) is 17.9 Å². The van der Waals surface area contributed by atoms with Crippen LogP contribution in [0, 0.1) is 12.8 Å². The Morgan fingerprint density at radius 3 is 2.61 bits per heavy atom. The van der Waals surface area contributed by atoms with E-state index in [1.807, 2.05) is 6.07 Å². The van der Waals surface area contributed by atoms with Crippen LogP contribution in [0.4, 0.5) is 18.0 Å². The summed E-state index contributed by atoms with van der Waals surface area (Å²) in [7, 11) is 0. The summed E-state index contributed by atoms with van der Waals surface area (Å²) in [5.41, 5.74) is 0.210. The molecule has 14 heteroatoms. The van der Waals surface area contributed by atoms with Gasteiger partial charge in [0.2, 0.25) is 0 Å². The monoisotopic (exact) mass is 587 g/mol. The molecule has 0 radical (unpaired) electrons. The second-order valence-corrected chi connectivity index (χ2v) is 12.1. The number of halogens is 4. The number of likely N-dealkylation sites (tertiary alicyclic amines) is 2. The number of thiophene rings is 1. The first kappa shape index (κ1) is 27.1. The first-order valence-corrected chi connectivity index (χ1v) is 14.3. The average Bonchev–Trinajstić information content (AvgIpc) is 3.68. The molecule has 0 saturated carbocycles. The maximum absolute atomic E-state index is 14.1. The lowest BCUT2D eigenvalue weighted by Gasteiger charge is -2.39. The van der Waals surface area contributed by atoms with E-state index in [0.717, 1.165) is 22.4 Å². The highest BCUT2D eigenvalue weighted by molar-refractivity contribution is 7.98. The minimum absolute atomic E-state index is 0.00465. The van der Waals surface area contributed by atoms with Gasteiger partial charge in [-0.15, -0.1) is 16.4 Å². The molecule has 0 aromatic carbocycles. The summed E-state index contributed by atoms with van der Waals surface area (Å²) in [6.45, 7) is 2.71. The maximum Gasteiger partial charge on any atom is 0.392 e. The number of aryl methyl sites for hydroxylation is 1. The van der Waals surface area contributed by atoms with Crippen LogP contribution in [-0.2, 0) is 5.75 Å². The van der Waals surface area contributed by atoms with E-state index in [2.05, 4.69) is 10.1 Å². The van der Waals surface area contributed by atoms with Crippen LogP contribution < -0.4 is 0 Å². The molecule has 2 amide bonds. The van der Waals surface area contributed by atoms with Crippen LogP contribution in [0.3, 0.4) is 0 Å². The zero-order valence-electron chi connectivity index (χ0n) is 20.4. The summed E-state index contributed by atoms with van der Waals surface area (Å²) in [6, 6.07) is 4.86. The molecule has 2 aliphatic rings. The number of nitrogens with zero attached hydrogens (tertiary/aromatic N) is 5. The standard InChI is InChI=1S/C24H25ClF3N5O3S2/c1-14-10-15(12-36-14)21(34)33-22(37-13-16-4-5-19(25)38-16)29-20(30-33)17-11-32(9-6-18(17)24(26,27)28)23(35)31-7-2-3-8-31/h4-5,10,12,17-18H,2-3,6-9,11,13H2,1H3. The third kappa shape index (κ3) is 5.74. The number of aromatic nitrogens is 3. The lowest BCUT2D eigenvalue weighted by Crippen LogP contribution is -2.50. The smallest absolute Gasteiger partial charge is 0.392 e. The summed E-state index contributed by atoms with van der Waals surface area (Å²) < 4.78 is 49.3. The molecule has 0 bridgehead atoms. The molecular formula is C24H25ClF3N5O3S2. The zero-order chi connectivity index (χ0) is 27.0. The SMILES string of the molecule is Cc1cc(C(=O)n2nc(C3CN(C(=O)N4CCCC4)CCC3C(F)(F)F)nc2SCc2ccc(Cl)s2)co1. The van der Waals surface area contributed by atoms with Gasteiger partial charge in [0.15, 0.2) is 11.0 Å². The second-order valence-electron chi connectivity index (χ2n) is 9.38. The minimum atomic E-state index is -4.51. The van der Waals surface area contributed by atoms with Crippen molar-refractivity contribution in [3.63, 3.8) is 0 Å². The number of hydrogen-bond acceptors (Lipinski definition) is 7. The Balaban J connectivity index is 1.48. The van der Waals surface area contributed by atoms with Gasteiger partial charge < -0.3 is 14.2 Å². The molecule has 2 atom stereocenters. The van der Waals surface area contributed by atoms with Crippen molar-refractivity contribution in [2.24, 2.45) is 5.92 Å². The van der Waals surface area contributed by atoms with Crippen molar-refractivity contribution in [3.8, 4) is 0 Å². The highest BCUT2D eigenvalue weighted by Crippen LogP contribution is 2.43. The van der Waals surface area contributed by atoms with Crippen LogP contribution in [0.15, 0.2) is 34.0 Å². The predicted octanol–water partition coefficient (Wildman–Crippen LogP) is 6.06. The molecule has 204 valence electrons. The number of carbonyl (C=O) groups excluding carboxylic acids is 2. The van der Waals surface area contributed by atoms with Gasteiger partial charge >= 0.3 is 12.2 Å². The van der Waals surface area contributed by atoms with E-state index in [4.69, 9.17) is 16.0 Å². The number of amides is 2. The van der Waals surface area contributed by atoms with Crippen molar-refractivity contribution in [2.75, 3.05) is 26.2 Å². The summed E-state index contributed by atoms with van der Waals surface area (Å²) in [6.07, 6.45) is -1.72. The summed E-state index contributed by atoms with van der Waals surface area (Å²) in [4.78, 5) is 34.8. The Kier molecular flexibility index (Phi) is 7.79. The Bertz CT molecular complexity index is 1320. The molecule has 3 aromatic heterocycles. The topological polar surface area (TPSA) is 84.5 Å². The Morgan fingerprint density at radius 1 is 1.21 bits per heavy atom. The fourth-order valence-electron chi connectivity index (χ4n) is 4.83. The van der Waals surface area contributed by atoms with Crippen molar-refractivity contribution in [1.82, 2.24) is 24.6 Å². The summed E-state index contributed by atoms with van der Waals surface area (Å²) in [5, 5.41) is 4.48. The average molecular weight is 588 g/mol. The molecule has 2 aliphatic heterocycles. The molecule has 0 spiro atoms. The molecule has 8 nitrogen and oxygen atoms in total. The predicted molar refractivity (Wildman–Crippen MR) is 137 cm³/mol. The lowest BCUT2D eigenvalue weighted by atomic mass is 9.84. The number of hydrogen-bond donors (Lipinski definition) is 0. The molecule has 0 N–H and O–H groups in total. The number of piperidine rings is 1. The molecule has 5 rings (SSSR count). The van der Waals surface area contributed by atoms with Gasteiger partial charge in [-0.25, -0.2) is 9.78 Å². The Hall–Kier alpha value is -2.51. The third-order valence-electron chi connectivity index (χ3n) is 6.75. The van der Waals surface area contributed by atoms with Gasteiger partial charge in [-0.1, -0.05) is 23.4 Å². The zero-order valence-corrected chi connectivity index (χ0v) is 22.8. The number of carbonyl (C=O) groups is 2. The number of rotatable bonds is 5. The van der Waals surface area contributed by atoms with Crippen LogP contribution in [0.5, 0.6) is 0 Å². The van der Waals surface area contributed by atoms with Gasteiger partial charge in [-0.3, -0.25) is 4.79 Å². The quantitative estimate of drug-likeness (QED) is 0.338. The van der Waals surface area contributed by atoms with Gasteiger partial charge in [0.05, 0.1) is 21.7 Å². The van der Waals surface area contributed by atoms with Crippen LogP contribution in [0.1, 0.15) is 52.0 Å². The highest BCUT2D eigenvalue weighted by atomic mass is 35.5. The fourth-order valence-corrected chi connectivity index (χ4v) is 6.89. The van der Waals surface area contributed by atoms with Gasteiger partial charge in [0, 0.05) is 36.8 Å². The molecule has 3 aromatic rings. The lowest BCUT2D eigenvalue weighted by molar-refractivity contribution is -0.190. The van der Waals surface area contributed by atoms with Crippen molar-refractivity contribution in [2.45, 2.75) is 49.2 Å². The Labute approximate surface area is 230 Å². The number of furan rings is 1. The van der Waals surface area contributed by atoms with Gasteiger partial charge in [0.1, 0.15) is 12.0 Å². The van der Waals surface area contributed by atoms with E-state index in [-0.39, 0.29) is 42.1 Å². The molecular weight excluding hydrogens is 563 g/mol. The second kappa shape index (κ2) is 10.9. The largest absolute Gasteiger partial charge is 0.469 e. The van der Waals surface area contributed by atoms with E-state index in [1.165, 1.54) is 40.3 Å². The number of thioether (sulfide) groups is 1. The minimum Gasteiger partial charge on any atom is -0.469 e. The van der Waals surface area contributed by atoms with E-state index in [9.17, 15) is 22.8 Å². The number of urea groups is 1.